The molecule has 1 aliphatic heterocycles. The number of benzene rings is 2. The molecule has 33 heavy (non-hydrogen) atoms. The lowest BCUT2D eigenvalue weighted by atomic mass is 10.2. The Hall–Kier alpha value is -2.98. The lowest BCUT2D eigenvalue weighted by Gasteiger charge is -2.26. The van der Waals surface area contributed by atoms with Gasteiger partial charge in [-0.25, -0.2) is 9.67 Å². The topological polar surface area (TPSA) is 84.3 Å². The van der Waals surface area contributed by atoms with E-state index in [0.29, 0.717) is 21.6 Å². The maximum Gasteiger partial charge on any atom is 0.263 e. The van der Waals surface area contributed by atoms with Gasteiger partial charge in [-0.2, -0.15) is 5.10 Å². The zero-order valence-electron chi connectivity index (χ0n) is 17.8. The normalized spacial score (nSPS) is 14.5. The summed E-state index contributed by atoms with van der Waals surface area (Å²) in [4.78, 5) is 19.8. The Labute approximate surface area is 200 Å². The molecule has 5 rings (SSSR count). The number of nitrogens with zero attached hydrogens (tertiary/aromatic N) is 4. The molecule has 0 bridgehead atoms. The molecule has 0 spiro atoms. The lowest BCUT2D eigenvalue weighted by Crippen LogP contribution is -2.41. The van der Waals surface area contributed by atoms with E-state index in [9.17, 15) is 4.79 Å². The number of carbonyl (C=O) groups is 1. The Morgan fingerprint density at radius 2 is 2.00 bits per heavy atom. The summed E-state index contributed by atoms with van der Waals surface area (Å²) in [6.45, 7) is 4.72. The van der Waals surface area contributed by atoms with E-state index in [1.165, 1.54) is 11.3 Å². The number of morpholine rings is 1. The van der Waals surface area contributed by atoms with Crippen molar-refractivity contribution in [1.29, 1.82) is 0 Å². The molecule has 170 valence electrons. The zero-order valence-corrected chi connectivity index (χ0v) is 19.4. The standard InChI is InChI=1S/C23H23ClN6O2S/c24-18-3-1-2-4-19(18)28-17-5-6-20-16(13-17)14-27-30(20)23-26-15-21(33-23)22(31)25-7-8-29-9-11-32-12-10-29/h1-6,13-15,28H,7-12H2,(H,25,31). The summed E-state index contributed by atoms with van der Waals surface area (Å²) >= 11 is 7.57. The second-order valence-electron chi connectivity index (χ2n) is 7.65. The molecule has 1 aliphatic rings. The number of para-hydroxylation sites is 1. The third-order valence-corrected chi connectivity index (χ3v) is 6.74. The maximum absolute atomic E-state index is 12.5. The van der Waals surface area contributed by atoms with Crippen LogP contribution in [0.1, 0.15) is 9.67 Å². The summed E-state index contributed by atoms with van der Waals surface area (Å²) in [5.41, 5.74) is 2.66. The van der Waals surface area contributed by atoms with E-state index in [0.717, 1.165) is 55.1 Å². The number of halogens is 1. The first-order valence-corrected chi connectivity index (χ1v) is 11.9. The van der Waals surface area contributed by atoms with Gasteiger partial charge in [0, 0.05) is 37.3 Å². The van der Waals surface area contributed by atoms with Gasteiger partial charge in [0.2, 0.25) is 5.13 Å². The van der Waals surface area contributed by atoms with Crippen LogP contribution >= 0.6 is 22.9 Å². The van der Waals surface area contributed by atoms with Crippen LogP contribution in [0.5, 0.6) is 0 Å². The van der Waals surface area contributed by atoms with Crippen LogP contribution in [0.25, 0.3) is 16.0 Å². The second-order valence-corrected chi connectivity index (χ2v) is 9.07. The SMILES string of the molecule is O=C(NCCN1CCOCC1)c1cnc(-n2ncc3cc(Nc4ccccc4Cl)ccc32)s1. The monoisotopic (exact) mass is 482 g/mol. The molecule has 1 fully saturated rings. The van der Waals surface area contributed by atoms with Crippen LogP contribution in [0.3, 0.4) is 0 Å². The first-order chi connectivity index (χ1) is 16.2. The number of carbonyl (C=O) groups excluding carboxylic acids is 1. The largest absolute Gasteiger partial charge is 0.379 e. The number of hydrogen-bond acceptors (Lipinski definition) is 7. The predicted molar refractivity (Wildman–Crippen MR) is 131 cm³/mol. The van der Waals surface area contributed by atoms with Crippen molar-refractivity contribution in [2.75, 3.05) is 44.7 Å². The van der Waals surface area contributed by atoms with Gasteiger partial charge in [-0.1, -0.05) is 35.1 Å². The zero-order chi connectivity index (χ0) is 22.6. The van der Waals surface area contributed by atoms with Crippen LogP contribution < -0.4 is 10.6 Å². The molecule has 0 unspecified atom stereocenters. The van der Waals surface area contributed by atoms with Gasteiger partial charge in [0.1, 0.15) is 4.88 Å². The summed E-state index contributed by atoms with van der Waals surface area (Å²) in [6, 6.07) is 13.6. The van der Waals surface area contributed by atoms with Gasteiger partial charge in [0.25, 0.3) is 5.91 Å². The van der Waals surface area contributed by atoms with Crippen molar-refractivity contribution in [2.24, 2.45) is 0 Å². The summed E-state index contributed by atoms with van der Waals surface area (Å²) < 4.78 is 7.10. The van der Waals surface area contributed by atoms with E-state index < -0.39 is 0 Å². The molecule has 0 atom stereocenters. The van der Waals surface area contributed by atoms with Gasteiger partial charge < -0.3 is 15.4 Å². The smallest absolute Gasteiger partial charge is 0.263 e. The van der Waals surface area contributed by atoms with Crippen molar-refractivity contribution in [3.8, 4) is 5.13 Å². The lowest BCUT2D eigenvalue weighted by molar-refractivity contribution is 0.0383. The molecule has 2 aromatic heterocycles. The van der Waals surface area contributed by atoms with Gasteiger partial charge in [0.05, 0.1) is 41.8 Å². The quantitative estimate of drug-likeness (QED) is 0.415. The molecular formula is C23H23ClN6O2S. The van der Waals surface area contributed by atoms with Crippen LogP contribution in [0.15, 0.2) is 54.9 Å². The molecule has 2 aromatic carbocycles. The van der Waals surface area contributed by atoms with Crippen molar-refractivity contribution < 1.29 is 9.53 Å². The van der Waals surface area contributed by atoms with Gasteiger partial charge in [-0.15, -0.1) is 0 Å². The average Bonchev–Trinajstić information content (AvgIpc) is 3.48. The first-order valence-electron chi connectivity index (χ1n) is 10.7. The molecule has 8 nitrogen and oxygen atoms in total. The van der Waals surface area contributed by atoms with Crippen LogP contribution in [-0.4, -0.2) is 65.0 Å². The van der Waals surface area contributed by atoms with Gasteiger partial charge in [-0.3, -0.25) is 9.69 Å². The number of anilines is 2. The highest BCUT2D eigenvalue weighted by Crippen LogP contribution is 2.28. The van der Waals surface area contributed by atoms with Crippen molar-refractivity contribution in [3.05, 3.63) is 64.8 Å². The minimum absolute atomic E-state index is 0.116. The summed E-state index contributed by atoms with van der Waals surface area (Å²) in [5, 5.41) is 13.1. The summed E-state index contributed by atoms with van der Waals surface area (Å²) in [7, 11) is 0. The van der Waals surface area contributed by atoms with Crippen molar-refractivity contribution in [2.45, 2.75) is 0 Å². The van der Waals surface area contributed by atoms with Gasteiger partial charge >= 0.3 is 0 Å². The number of nitrogens with one attached hydrogen (secondary N) is 2. The van der Waals surface area contributed by atoms with Crippen molar-refractivity contribution in [1.82, 2.24) is 25.0 Å². The number of amides is 1. The van der Waals surface area contributed by atoms with Crippen LogP contribution in [0.4, 0.5) is 11.4 Å². The molecule has 0 aliphatic carbocycles. The summed E-state index contributed by atoms with van der Waals surface area (Å²) in [6.07, 6.45) is 3.39. The number of hydrogen-bond donors (Lipinski definition) is 2. The van der Waals surface area contributed by atoms with Gasteiger partial charge in [-0.05, 0) is 30.3 Å². The molecule has 2 N–H and O–H groups in total. The highest BCUT2D eigenvalue weighted by Gasteiger charge is 2.15. The third-order valence-electron chi connectivity index (χ3n) is 5.44. The highest BCUT2D eigenvalue weighted by molar-refractivity contribution is 7.16. The van der Waals surface area contributed by atoms with Crippen molar-refractivity contribution >= 4 is 51.1 Å². The van der Waals surface area contributed by atoms with E-state index in [1.807, 2.05) is 42.5 Å². The number of fused-ring (bicyclic) bond motifs is 1. The summed E-state index contributed by atoms with van der Waals surface area (Å²) in [5.74, 6) is -0.116. The van der Waals surface area contributed by atoms with Crippen LogP contribution in [0, 0.1) is 0 Å². The van der Waals surface area contributed by atoms with Crippen LogP contribution in [0.2, 0.25) is 5.02 Å². The minimum atomic E-state index is -0.116. The minimum Gasteiger partial charge on any atom is -0.379 e. The third kappa shape index (κ3) is 5.01. The van der Waals surface area contributed by atoms with Crippen LogP contribution in [-0.2, 0) is 4.74 Å². The Morgan fingerprint density at radius 1 is 1.15 bits per heavy atom. The first kappa shape index (κ1) is 21.8. The van der Waals surface area contributed by atoms with E-state index >= 15 is 0 Å². The maximum atomic E-state index is 12.5. The molecular weight excluding hydrogens is 460 g/mol. The Bertz CT molecular complexity index is 1270. The highest BCUT2D eigenvalue weighted by atomic mass is 35.5. The molecule has 4 aromatic rings. The van der Waals surface area contributed by atoms with E-state index in [2.05, 4.69) is 25.6 Å². The Balaban J connectivity index is 1.26. The number of thiazole rings is 1. The molecule has 1 amide bonds. The van der Waals surface area contributed by atoms with E-state index in [4.69, 9.17) is 16.3 Å². The predicted octanol–water partition coefficient (Wildman–Crippen LogP) is 3.94. The molecule has 0 saturated carbocycles. The number of aromatic nitrogens is 3. The Morgan fingerprint density at radius 3 is 2.85 bits per heavy atom. The Kier molecular flexibility index (Phi) is 6.54. The van der Waals surface area contributed by atoms with Gasteiger partial charge in [0.15, 0.2) is 0 Å². The molecule has 10 heteroatoms. The second kappa shape index (κ2) is 9.88. The molecule has 1 saturated heterocycles. The fourth-order valence-electron chi connectivity index (χ4n) is 3.69. The molecule has 0 radical (unpaired) electrons. The van der Waals surface area contributed by atoms with E-state index in [1.54, 1.807) is 17.1 Å². The number of rotatable bonds is 7. The average molecular weight is 483 g/mol. The fourth-order valence-corrected chi connectivity index (χ4v) is 4.68. The molecule has 3 heterocycles. The fraction of sp³-hybridized carbons (Fsp3) is 0.261. The number of ether oxygens (including phenoxy) is 1. The van der Waals surface area contributed by atoms with E-state index in [-0.39, 0.29) is 5.91 Å². The van der Waals surface area contributed by atoms with Crippen molar-refractivity contribution in [3.63, 3.8) is 0 Å².